The molecule has 1 unspecified atom stereocenters. The Morgan fingerprint density at radius 2 is 1.83 bits per heavy atom. The van der Waals surface area contributed by atoms with Crippen LogP contribution in [0.4, 0.5) is 5.82 Å². The summed E-state index contributed by atoms with van der Waals surface area (Å²) >= 11 is 0. The van der Waals surface area contributed by atoms with Crippen LogP contribution < -0.4 is 4.90 Å². The largest absolute Gasteiger partial charge is 0.355 e. The molecule has 4 rings (SSSR count). The van der Waals surface area contributed by atoms with Crippen LogP contribution in [0.15, 0.2) is 42.5 Å². The summed E-state index contributed by atoms with van der Waals surface area (Å²) < 4.78 is 1.83. The molecule has 1 fully saturated rings. The number of benzene rings is 1. The van der Waals surface area contributed by atoms with Gasteiger partial charge in [0, 0.05) is 13.1 Å². The van der Waals surface area contributed by atoms with Crippen LogP contribution in [0.25, 0.3) is 5.65 Å². The molecule has 5 heteroatoms. The molecular formula is C18H21N5. The van der Waals surface area contributed by atoms with E-state index in [1.165, 1.54) is 24.8 Å². The summed E-state index contributed by atoms with van der Waals surface area (Å²) in [5.74, 6) is 2.51. The molecule has 1 aliphatic heterocycles. The molecular weight excluding hydrogens is 286 g/mol. The highest BCUT2D eigenvalue weighted by Gasteiger charge is 2.19. The molecule has 0 bridgehead atoms. The molecule has 3 aromatic rings. The van der Waals surface area contributed by atoms with Crippen LogP contribution in [0.1, 0.15) is 36.6 Å². The summed E-state index contributed by atoms with van der Waals surface area (Å²) in [5, 5.41) is 12.9. The van der Waals surface area contributed by atoms with Crippen LogP contribution in [-0.2, 0) is 0 Å². The fourth-order valence-corrected chi connectivity index (χ4v) is 3.44. The second kappa shape index (κ2) is 5.99. The fraction of sp³-hybridized carbons (Fsp3) is 0.389. The molecule has 1 aromatic carbocycles. The van der Waals surface area contributed by atoms with E-state index >= 15 is 0 Å². The van der Waals surface area contributed by atoms with Crippen molar-refractivity contribution < 1.29 is 0 Å². The first-order valence-electron chi connectivity index (χ1n) is 8.30. The first-order valence-corrected chi connectivity index (χ1v) is 8.30. The van der Waals surface area contributed by atoms with E-state index in [2.05, 4.69) is 51.5 Å². The summed E-state index contributed by atoms with van der Waals surface area (Å²) in [4.78, 5) is 2.39. The Morgan fingerprint density at radius 1 is 0.957 bits per heavy atom. The third kappa shape index (κ3) is 2.79. The van der Waals surface area contributed by atoms with E-state index in [9.17, 15) is 0 Å². The standard InChI is InChI=1S/C18H21N5/c1-14-19-20-17-9-10-18(21-23(14)17)22-12-5-8-16(11-13-22)15-6-3-2-4-7-15/h2-4,6-7,9-10,16H,5,8,11-13H2,1H3. The lowest BCUT2D eigenvalue weighted by Gasteiger charge is -2.21. The molecule has 1 atom stereocenters. The summed E-state index contributed by atoms with van der Waals surface area (Å²) in [6.07, 6.45) is 3.61. The second-order valence-corrected chi connectivity index (χ2v) is 6.23. The molecule has 0 N–H and O–H groups in total. The Bertz CT molecular complexity index is 796. The molecule has 0 aliphatic carbocycles. The van der Waals surface area contributed by atoms with Crippen molar-refractivity contribution in [1.29, 1.82) is 0 Å². The van der Waals surface area contributed by atoms with Gasteiger partial charge in [0.1, 0.15) is 5.82 Å². The van der Waals surface area contributed by atoms with Crippen LogP contribution in [0, 0.1) is 6.92 Å². The molecule has 5 nitrogen and oxygen atoms in total. The number of aromatic nitrogens is 4. The Hall–Kier alpha value is -2.43. The van der Waals surface area contributed by atoms with Crippen molar-refractivity contribution in [3.8, 4) is 0 Å². The average Bonchev–Trinajstić information content (AvgIpc) is 2.82. The van der Waals surface area contributed by atoms with Gasteiger partial charge in [-0.05, 0) is 49.8 Å². The third-order valence-corrected chi connectivity index (χ3v) is 4.73. The van der Waals surface area contributed by atoms with E-state index < -0.39 is 0 Å². The SMILES string of the molecule is Cc1nnc2ccc(N3CCCC(c4ccccc4)CC3)nn12. The van der Waals surface area contributed by atoms with E-state index in [0.29, 0.717) is 5.92 Å². The number of nitrogens with zero attached hydrogens (tertiary/aromatic N) is 5. The summed E-state index contributed by atoms with van der Waals surface area (Å²) in [7, 11) is 0. The minimum atomic E-state index is 0.654. The maximum Gasteiger partial charge on any atom is 0.178 e. The topological polar surface area (TPSA) is 46.3 Å². The lowest BCUT2D eigenvalue weighted by Crippen LogP contribution is -2.25. The van der Waals surface area contributed by atoms with Gasteiger partial charge in [-0.25, -0.2) is 0 Å². The van der Waals surface area contributed by atoms with Crippen molar-refractivity contribution in [1.82, 2.24) is 19.8 Å². The van der Waals surface area contributed by atoms with Crippen molar-refractivity contribution in [2.45, 2.75) is 32.1 Å². The number of fused-ring (bicyclic) bond motifs is 1. The quantitative estimate of drug-likeness (QED) is 0.729. The molecule has 3 heterocycles. The molecule has 0 spiro atoms. The van der Waals surface area contributed by atoms with Gasteiger partial charge in [-0.3, -0.25) is 0 Å². The summed E-state index contributed by atoms with van der Waals surface area (Å²) in [6, 6.07) is 14.9. The maximum atomic E-state index is 4.72. The van der Waals surface area contributed by atoms with Crippen molar-refractivity contribution in [3.63, 3.8) is 0 Å². The second-order valence-electron chi connectivity index (χ2n) is 6.23. The van der Waals surface area contributed by atoms with Gasteiger partial charge < -0.3 is 4.90 Å². The van der Waals surface area contributed by atoms with Crippen molar-refractivity contribution in [2.75, 3.05) is 18.0 Å². The molecule has 118 valence electrons. The van der Waals surface area contributed by atoms with Crippen molar-refractivity contribution in [2.24, 2.45) is 0 Å². The number of aryl methyl sites for hydroxylation is 1. The number of rotatable bonds is 2. The van der Waals surface area contributed by atoms with Crippen LogP contribution in [0.3, 0.4) is 0 Å². The Labute approximate surface area is 136 Å². The number of anilines is 1. The summed E-state index contributed by atoms with van der Waals surface area (Å²) in [5.41, 5.74) is 2.27. The predicted octanol–water partition coefficient (Wildman–Crippen LogP) is 3.21. The predicted molar refractivity (Wildman–Crippen MR) is 90.8 cm³/mol. The minimum absolute atomic E-state index is 0.654. The van der Waals surface area contributed by atoms with E-state index in [1.807, 2.05) is 17.5 Å². The van der Waals surface area contributed by atoms with Gasteiger partial charge in [0.2, 0.25) is 0 Å². The van der Waals surface area contributed by atoms with E-state index in [0.717, 1.165) is 30.4 Å². The molecule has 0 amide bonds. The minimum Gasteiger partial charge on any atom is -0.355 e. The maximum absolute atomic E-state index is 4.72. The monoisotopic (exact) mass is 307 g/mol. The highest BCUT2D eigenvalue weighted by molar-refractivity contribution is 5.46. The van der Waals surface area contributed by atoms with E-state index in [1.54, 1.807) is 0 Å². The van der Waals surface area contributed by atoms with E-state index in [-0.39, 0.29) is 0 Å². The Morgan fingerprint density at radius 3 is 2.70 bits per heavy atom. The summed E-state index contributed by atoms with van der Waals surface area (Å²) in [6.45, 7) is 4.03. The normalized spacial score (nSPS) is 19.0. The lowest BCUT2D eigenvalue weighted by molar-refractivity contribution is 0.611. The average molecular weight is 307 g/mol. The van der Waals surface area contributed by atoms with Crippen molar-refractivity contribution >= 4 is 11.5 Å². The zero-order chi connectivity index (χ0) is 15.6. The smallest absolute Gasteiger partial charge is 0.178 e. The van der Waals surface area contributed by atoms with Crippen LogP contribution in [-0.4, -0.2) is 32.9 Å². The molecule has 1 saturated heterocycles. The molecule has 23 heavy (non-hydrogen) atoms. The molecule has 0 saturated carbocycles. The first-order chi connectivity index (χ1) is 11.3. The van der Waals surface area contributed by atoms with Crippen LogP contribution in [0.2, 0.25) is 0 Å². The van der Waals surface area contributed by atoms with Gasteiger partial charge in [-0.15, -0.1) is 15.3 Å². The van der Waals surface area contributed by atoms with Gasteiger partial charge in [0.15, 0.2) is 11.5 Å². The van der Waals surface area contributed by atoms with Gasteiger partial charge in [0.25, 0.3) is 0 Å². The lowest BCUT2D eigenvalue weighted by atomic mass is 9.92. The van der Waals surface area contributed by atoms with Gasteiger partial charge >= 0.3 is 0 Å². The molecule has 2 aromatic heterocycles. The third-order valence-electron chi connectivity index (χ3n) is 4.73. The first kappa shape index (κ1) is 14.2. The number of hydrogen-bond acceptors (Lipinski definition) is 4. The zero-order valence-corrected chi connectivity index (χ0v) is 13.4. The highest BCUT2D eigenvalue weighted by Crippen LogP contribution is 2.29. The Balaban J connectivity index is 1.54. The highest BCUT2D eigenvalue weighted by atomic mass is 15.4. The van der Waals surface area contributed by atoms with Gasteiger partial charge in [0.05, 0.1) is 0 Å². The van der Waals surface area contributed by atoms with Crippen molar-refractivity contribution in [3.05, 3.63) is 53.9 Å². The van der Waals surface area contributed by atoms with Crippen LogP contribution >= 0.6 is 0 Å². The van der Waals surface area contributed by atoms with Gasteiger partial charge in [-0.2, -0.15) is 4.52 Å². The van der Waals surface area contributed by atoms with Crippen LogP contribution in [0.5, 0.6) is 0 Å². The zero-order valence-electron chi connectivity index (χ0n) is 13.4. The molecule has 1 aliphatic rings. The van der Waals surface area contributed by atoms with Gasteiger partial charge in [-0.1, -0.05) is 30.3 Å². The Kier molecular flexibility index (Phi) is 3.69. The molecule has 0 radical (unpaired) electrons. The number of hydrogen-bond donors (Lipinski definition) is 0. The van der Waals surface area contributed by atoms with E-state index in [4.69, 9.17) is 5.10 Å². The fourth-order valence-electron chi connectivity index (χ4n) is 3.44.